The van der Waals surface area contributed by atoms with Gasteiger partial charge in [-0.3, -0.25) is 0 Å². The van der Waals surface area contributed by atoms with E-state index in [9.17, 15) is 0 Å². The molecule has 1 N–H and O–H groups in total. The Morgan fingerprint density at radius 1 is 1.40 bits per heavy atom. The molecule has 0 aliphatic heterocycles. The van der Waals surface area contributed by atoms with Crippen LogP contribution in [0.4, 0.5) is 0 Å². The first-order chi connectivity index (χ1) is 9.44. The first-order valence-electron chi connectivity index (χ1n) is 7.50. The first-order valence-corrected chi connectivity index (χ1v) is 8.30. The van der Waals surface area contributed by atoms with Gasteiger partial charge in [-0.1, -0.05) is 36.7 Å². The summed E-state index contributed by atoms with van der Waals surface area (Å²) >= 11 is 3.69. The van der Waals surface area contributed by atoms with E-state index in [-0.39, 0.29) is 0 Å². The fraction of sp³-hybridized carbons (Fsp3) is 0.647. The van der Waals surface area contributed by atoms with Crippen LogP contribution < -0.4 is 10.1 Å². The third-order valence-corrected chi connectivity index (χ3v) is 5.10. The van der Waals surface area contributed by atoms with Crippen LogP contribution in [0.15, 0.2) is 22.7 Å². The summed E-state index contributed by atoms with van der Waals surface area (Å²) in [5, 5.41) is 3.63. The highest BCUT2D eigenvalue weighted by Gasteiger charge is 2.41. The number of benzene rings is 1. The highest BCUT2D eigenvalue weighted by atomic mass is 79.9. The van der Waals surface area contributed by atoms with E-state index in [0.717, 1.165) is 24.6 Å². The van der Waals surface area contributed by atoms with E-state index in [1.54, 1.807) is 7.11 Å². The van der Waals surface area contributed by atoms with Gasteiger partial charge < -0.3 is 10.1 Å². The zero-order chi connectivity index (χ0) is 14.8. The molecule has 2 nitrogen and oxygen atoms in total. The number of hydrogen-bond donors (Lipinski definition) is 1. The minimum Gasteiger partial charge on any atom is -0.497 e. The second kappa shape index (κ2) is 6.48. The SMILES string of the molecule is COc1ccc(Br)c(CC(C)(CNC(C)C)C2CC2)c1. The molecule has 2 rings (SSSR count). The molecule has 112 valence electrons. The highest BCUT2D eigenvalue weighted by molar-refractivity contribution is 9.10. The van der Waals surface area contributed by atoms with Gasteiger partial charge >= 0.3 is 0 Å². The van der Waals surface area contributed by atoms with Gasteiger partial charge in [-0.25, -0.2) is 0 Å². The van der Waals surface area contributed by atoms with Crippen LogP contribution in [0.3, 0.4) is 0 Å². The Bertz CT molecular complexity index is 456. The molecule has 1 fully saturated rings. The Morgan fingerprint density at radius 3 is 2.65 bits per heavy atom. The van der Waals surface area contributed by atoms with Gasteiger partial charge in [0.2, 0.25) is 0 Å². The maximum absolute atomic E-state index is 5.36. The zero-order valence-corrected chi connectivity index (χ0v) is 14.6. The molecular weight excluding hydrogens is 314 g/mol. The van der Waals surface area contributed by atoms with Gasteiger partial charge in [0, 0.05) is 17.1 Å². The van der Waals surface area contributed by atoms with Crippen molar-refractivity contribution in [3.8, 4) is 5.75 Å². The van der Waals surface area contributed by atoms with E-state index in [1.165, 1.54) is 22.9 Å². The Morgan fingerprint density at radius 2 is 2.10 bits per heavy atom. The van der Waals surface area contributed by atoms with Gasteiger partial charge in [-0.05, 0) is 54.4 Å². The molecular formula is C17H26BrNO. The Hall–Kier alpha value is -0.540. The average molecular weight is 340 g/mol. The van der Waals surface area contributed by atoms with Crippen LogP contribution in [0.1, 0.15) is 39.2 Å². The normalized spacial score (nSPS) is 18.1. The molecule has 1 unspecified atom stereocenters. The lowest BCUT2D eigenvalue weighted by Crippen LogP contribution is -2.38. The van der Waals surface area contributed by atoms with Crippen molar-refractivity contribution in [2.75, 3.05) is 13.7 Å². The van der Waals surface area contributed by atoms with Crippen molar-refractivity contribution in [2.24, 2.45) is 11.3 Å². The van der Waals surface area contributed by atoms with Crippen LogP contribution in [0.5, 0.6) is 5.75 Å². The molecule has 20 heavy (non-hydrogen) atoms. The lowest BCUT2D eigenvalue weighted by molar-refractivity contribution is 0.248. The fourth-order valence-electron chi connectivity index (χ4n) is 2.82. The number of ether oxygens (including phenoxy) is 1. The summed E-state index contributed by atoms with van der Waals surface area (Å²) in [6.45, 7) is 7.94. The molecule has 0 amide bonds. The summed E-state index contributed by atoms with van der Waals surface area (Å²) < 4.78 is 6.55. The van der Waals surface area contributed by atoms with Gasteiger partial charge in [-0.2, -0.15) is 0 Å². The van der Waals surface area contributed by atoms with Crippen molar-refractivity contribution in [1.82, 2.24) is 5.32 Å². The molecule has 0 radical (unpaired) electrons. The molecule has 1 saturated carbocycles. The molecule has 1 aromatic rings. The summed E-state index contributed by atoms with van der Waals surface area (Å²) in [6.07, 6.45) is 3.84. The van der Waals surface area contributed by atoms with E-state index < -0.39 is 0 Å². The summed E-state index contributed by atoms with van der Waals surface area (Å²) in [6, 6.07) is 6.81. The summed E-state index contributed by atoms with van der Waals surface area (Å²) in [7, 11) is 1.73. The predicted molar refractivity (Wildman–Crippen MR) is 88.4 cm³/mol. The topological polar surface area (TPSA) is 21.3 Å². The Kier molecular flexibility index (Phi) is 5.14. The van der Waals surface area contributed by atoms with E-state index >= 15 is 0 Å². The molecule has 1 atom stereocenters. The van der Waals surface area contributed by atoms with Crippen molar-refractivity contribution in [3.05, 3.63) is 28.2 Å². The number of methoxy groups -OCH3 is 1. The van der Waals surface area contributed by atoms with Crippen LogP contribution >= 0.6 is 15.9 Å². The maximum atomic E-state index is 5.36. The molecule has 0 saturated heterocycles. The molecule has 0 bridgehead atoms. The summed E-state index contributed by atoms with van der Waals surface area (Å²) in [5.74, 6) is 1.80. The van der Waals surface area contributed by atoms with Crippen LogP contribution in [0, 0.1) is 11.3 Å². The number of halogens is 1. The minimum atomic E-state index is 0.332. The van der Waals surface area contributed by atoms with Crippen molar-refractivity contribution >= 4 is 15.9 Å². The third kappa shape index (κ3) is 3.98. The van der Waals surface area contributed by atoms with Gasteiger partial charge in [0.05, 0.1) is 7.11 Å². The highest BCUT2D eigenvalue weighted by Crippen LogP contribution is 2.48. The lowest BCUT2D eigenvalue weighted by atomic mass is 9.78. The van der Waals surface area contributed by atoms with E-state index in [2.05, 4.69) is 54.2 Å². The van der Waals surface area contributed by atoms with Crippen molar-refractivity contribution in [2.45, 2.75) is 46.1 Å². The molecule has 0 aromatic heterocycles. The summed E-state index contributed by atoms with van der Waals surface area (Å²) in [4.78, 5) is 0. The quantitative estimate of drug-likeness (QED) is 0.794. The van der Waals surface area contributed by atoms with E-state index in [4.69, 9.17) is 4.74 Å². The van der Waals surface area contributed by atoms with Gasteiger partial charge in [-0.15, -0.1) is 0 Å². The average Bonchev–Trinajstić information content (AvgIpc) is 3.24. The van der Waals surface area contributed by atoms with Crippen molar-refractivity contribution < 1.29 is 4.74 Å². The number of hydrogen-bond acceptors (Lipinski definition) is 2. The molecule has 0 heterocycles. The van der Waals surface area contributed by atoms with Gasteiger partial charge in [0.25, 0.3) is 0 Å². The molecule has 3 heteroatoms. The smallest absolute Gasteiger partial charge is 0.119 e. The van der Waals surface area contributed by atoms with Crippen LogP contribution in [0.2, 0.25) is 0 Å². The number of rotatable bonds is 7. The standard InChI is InChI=1S/C17H26BrNO/c1-12(2)19-11-17(3,14-5-6-14)10-13-9-15(20-4)7-8-16(13)18/h7-9,12,14,19H,5-6,10-11H2,1-4H3. The molecule has 1 aliphatic carbocycles. The van der Waals surface area contributed by atoms with E-state index in [0.29, 0.717) is 11.5 Å². The minimum absolute atomic E-state index is 0.332. The Balaban J connectivity index is 2.15. The summed E-state index contributed by atoms with van der Waals surface area (Å²) in [5.41, 5.74) is 1.68. The van der Waals surface area contributed by atoms with Crippen molar-refractivity contribution in [3.63, 3.8) is 0 Å². The molecule has 1 aromatic carbocycles. The van der Waals surface area contributed by atoms with E-state index in [1.807, 2.05) is 6.07 Å². The third-order valence-electron chi connectivity index (χ3n) is 4.32. The molecule has 1 aliphatic rings. The predicted octanol–water partition coefficient (Wildman–Crippen LogP) is 4.41. The van der Waals surface area contributed by atoms with Crippen LogP contribution in [0.25, 0.3) is 0 Å². The Labute approximate surface area is 131 Å². The monoisotopic (exact) mass is 339 g/mol. The molecule has 0 spiro atoms. The van der Waals surface area contributed by atoms with Crippen LogP contribution in [-0.4, -0.2) is 19.7 Å². The van der Waals surface area contributed by atoms with Crippen LogP contribution in [-0.2, 0) is 6.42 Å². The van der Waals surface area contributed by atoms with Gasteiger partial charge in [0.1, 0.15) is 5.75 Å². The zero-order valence-electron chi connectivity index (χ0n) is 13.0. The second-order valence-electron chi connectivity index (χ2n) is 6.60. The largest absolute Gasteiger partial charge is 0.497 e. The first kappa shape index (κ1) is 15.8. The van der Waals surface area contributed by atoms with Crippen molar-refractivity contribution in [1.29, 1.82) is 0 Å². The number of nitrogens with one attached hydrogen (secondary N) is 1. The second-order valence-corrected chi connectivity index (χ2v) is 7.45. The maximum Gasteiger partial charge on any atom is 0.119 e. The fourth-order valence-corrected chi connectivity index (χ4v) is 3.20. The lowest BCUT2D eigenvalue weighted by Gasteiger charge is -2.32. The van der Waals surface area contributed by atoms with Gasteiger partial charge in [0.15, 0.2) is 0 Å².